The molecule has 0 atom stereocenters. The summed E-state index contributed by atoms with van der Waals surface area (Å²) in [6, 6.07) is 0. The highest BCUT2D eigenvalue weighted by Gasteiger charge is 1.88. The van der Waals surface area contributed by atoms with Crippen molar-refractivity contribution in [2.24, 2.45) is 16.7 Å². The number of rotatable bonds is 3. The highest BCUT2D eigenvalue weighted by molar-refractivity contribution is 5.77. The molecule has 5 heteroatoms. The Morgan fingerprint density at radius 2 is 2.44 bits per heavy atom. The number of hydrogen-bond acceptors (Lipinski definition) is 4. The van der Waals surface area contributed by atoms with Crippen molar-refractivity contribution in [1.82, 2.24) is 5.12 Å². The van der Waals surface area contributed by atoms with Crippen LogP contribution in [0.3, 0.4) is 0 Å². The minimum absolute atomic E-state index is 0.0640. The first-order valence-electron chi connectivity index (χ1n) is 2.43. The number of hydrogen-bond donors (Lipinski definition) is 2. The number of carbonyl (C=O) groups excluding carboxylic acids is 1. The average Bonchev–Trinajstić information content (AvgIpc) is 1.63. The van der Waals surface area contributed by atoms with Crippen LogP contribution in [0.2, 0.25) is 0 Å². The van der Waals surface area contributed by atoms with Crippen LogP contribution in [-0.2, 0) is 4.79 Å². The van der Waals surface area contributed by atoms with Gasteiger partial charge in [-0.05, 0) is 6.92 Å². The highest BCUT2D eigenvalue weighted by Crippen LogP contribution is 1.73. The molecule has 9 heavy (non-hydrogen) atoms. The van der Waals surface area contributed by atoms with Gasteiger partial charge in [-0.25, -0.2) is 11.0 Å². The van der Waals surface area contributed by atoms with Gasteiger partial charge >= 0.3 is 0 Å². The monoisotopic (exact) mass is 130 g/mol. The van der Waals surface area contributed by atoms with E-state index >= 15 is 0 Å². The topological polar surface area (TPSA) is 84.7 Å². The molecule has 0 heterocycles. The fourth-order valence-electron chi connectivity index (χ4n) is 0.320. The highest BCUT2D eigenvalue weighted by atomic mass is 16.1. The summed E-state index contributed by atoms with van der Waals surface area (Å²) in [5.41, 5.74) is 5.14. The molecule has 0 unspecified atom stereocenters. The fourth-order valence-corrected chi connectivity index (χ4v) is 0.320. The van der Waals surface area contributed by atoms with E-state index in [1.54, 1.807) is 6.92 Å². The van der Waals surface area contributed by atoms with Crippen LogP contribution in [0.15, 0.2) is 5.10 Å². The number of aldehydes is 1. The number of carbonyl (C=O) groups is 1. The second-order valence-corrected chi connectivity index (χ2v) is 1.53. The molecular formula is C4H10N4O. The van der Waals surface area contributed by atoms with Crippen LogP contribution in [0.25, 0.3) is 0 Å². The van der Waals surface area contributed by atoms with Crippen molar-refractivity contribution >= 4 is 12.1 Å². The van der Waals surface area contributed by atoms with Crippen molar-refractivity contribution in [1.29, 1.82) is 0 Å². The normalized spacial score (nSPS) is 11.1. The lowest BCUT2D eigenvalue weighted by Gasteiger charge is -2.06. The van der Waals surface area contributed by atoms with Gasteiger partial charge in [0.25, 0.3) is 0 Å². The van der Waals surface area contributed by atoms with Gasteiger partial charge in [0.05, 0.1) is 0 Å². The van der Waals surface area contributed by atoms with Crippen molar-refractivity contribution in [2.45, 2.75) is 6.92 Å². The average molecular weight is 130 g/mol. The largest absolute Gasteiger partial charge is 0.386 e. The van der Waals surface area contributed by atoms with E-state index in [1.807, 2.05) is 0 Å². The quantitative estimate of drug-likeness (QED) is 0.163. The van der Waals surface area contributed by atoms with E-state index in [2.05, 4.69) is 5.10 Å². The maximum atomic E-state index is 9.77. The maximum absolute atomic E-state index is 9.77. The third-order valence-corrected chi connectivity index (χ3v) is 0.548. The second-order valence-electron chi connectivity index (χ2n) is 1.53. The molecule has 4 N–H and O–H groups in total. The Morgan fingerprint density at radius 3 is 2.78 bits per heavy atom. The van der Waals surface area contributed by atoms with Crippen LogP contribution in [0, 0.1) is 0 Å². The smallest absolute Gasteiger partial charge is 0.142 e. The number of amidine groups is 1. The van der Waals surface area contributed by atoms with E-state index in [4.69, 9.17) is 11.6 Å². The van der Waals surface area contributed by atoms with E-state index in [0.717, 1.165) is 5.12 Å². The molecule has 0 amide bonds. The van der Waals surface area contributed by atoms with Crippen molar-refractivity contribution in [3.05, 3.63) is 0 Å². The van der Waals surface area contributed by atoms with Crippen LogP contribution in [-0.4, -0.2) is 23.8 Å². The summed E-state index contributed by atoms with van der Waals surface area (Å²) < 4.78 is 0. The van der Waals surface area contributed by atoms with Gasteiger partial charge in [-0.15, -0.1) is 5.10 Å². The standard InChI is InChI=1S/C4H10N4O/c1-4(5)7-8(6)2-3-9/h3H,2,6H2,1H3,(H2,5,7). The molecule has 0 aliphatic heterocycles. The molecule has 0 rings (SSSR count). The molecule has 0 spiro atoms. The molecule has 52 valence electrons. The minimum atomic E-state index is 0.0640. The van der Waals surface area contributed by atoms with E-state index < -0.39 is 0 Å². The van der Waals surface area contributed by atoms with E-state index in [1.165, 1.54) is 0 Å². The van der Waals surface area contributed by atoms with Crippen molar-refractivity contribution in [3.63, 3.8) is 0 Å². The number of hydrazine groups is 1. The predicted molar refractivity (Wildman–Crippen MR) is 34.3 cm³/mol. The molecule has 0 bridgehead atoms. The number of nitrogens with zero attached hydrogens (tertiary/aromatic N) is 2. The van der Waals surface area contributed by atoms with Crippen LogP contribution < -0.4 is 11.6 Å². The summed E-state index contributed by atoms with van der Waals surface area (Å²) in [6.45, 7) is 1.65. The molecule has 0 saturated heterocycles. The van der Waals surface area contributed by atoms with Gasteiger partial charge in [0.1, 0.15) is 18.7 Å². The van der Waals surface area contributed by atoms with E-state index in [9.17, 15) is 4.79 Å². The Balaban J connectivity index is 3.61. The lowest BCUT2D eigenvalue weighted by molar-refractivity contribution is -0.108. The van der Waals surface area contributed by atoms with Crippen molar-refractivity contribution in [2.75, 3.05) is 6.54 Å². The summed E-state index contributed by atoms with van der Waals surface area (Å²) in [5.74, 6) is 5.45. The van der Waals surface area contributed by atoms with Gasteiger partial charge in [0, 0.05) is 0 Å². The zero-order valence-corrected chi connectivity index (χ0v) is 5.24. The zero-order valence-electron chi connectivity index (χ0n) is 5.24. The molecule has 0 aromatic heterocycles. The molecule has 0 radical (unpaired) electrons. The second kappa shape index (κ2) is 3.85. The Labute approximate surface area is 53.3 Å². The first-order valence-corrected chi connectivity index (χ1v) is 2.43. The Morgan fingerprint density at radius 1 is 1.89 bits per heavy atom. The summed E-state index contributed by atoms with van der Waals surface area (Å²) in [4.78, 5) is 9.77. The third kappa shape index (κ3) is 4.76. The first kappa shape index (κ1) is 7.90. The molecule has 5 nitrogen and oxygen atoms in total. The summed E-state index contributed by atoms with van der Waals surface area (Å²) in [7, 11) is 0. The van der Waals surface area contributed by atoms with Gasteiger partial charge in [-0.2, -0.15) is 0 Å². The Kier molecular flexibility index (Phi) is 3.38. The summed E-state index contributed by atoms with van der Waals surface area (Å²) in [5, 5.41) is 4.52. The predicted octanol–water partition coefficient (Wildman–Crippen LogP) is -1.35. The fraction of sp³-hybridized carbons (Fsp3) is 0.500. The molecule has 0 fully saturated rings. The van der Waals surface area contributed by atoms with Crippen LogP contribution in [0.4, 0.5) is 0 Å². The van der Waals surface area contributed by atoms with Crippen LogP contribution in [0.1, 0.15) is 6.92 Å². The molecule has 0 aliphatic rings. The summed E-state index contributed by atoms with van der Waals surface area (Å²) in [6.07, 6.45) is 0.645. The van der Waals surface area contributed by atoms with E-state index in [0.29, 0.717) is 12.1 Å². The molecule has 0 saturated carbocycles. The summed E-state index contributed by atoms with van der Waals surface area (Å²) >= 11 is 0. The SMILES string of the molecule is C/C(N)=N/N(N)CC=O. The lowest BCUT2D eigenvalue weighted by Crippen LogP contribution is -2.29. The third-order valence-electron chi connectivity index (χ3n) is 0.548. The molecule has 0 aromatic rings. The van der Waals surface area contributed by atoms with Crippen LogP contribution in [0.5, 0.6) is 0 Å². The molecular weight excluding hydrogens is 120 g/mol. The van der Waals surface area contributed by atoms with Gasteiger partial charge in [-0.1, -0.05) is 0 Å². The van der Waals surface area contributed by atoms with E-state index in [-0.39, 0.29) is 6.54 Å². The van der Waals surface area contributed by atoms with Crippen molar-refractivity contribution < 1.29 is 4.79 Å². The Hall–Kier alpha value is -1.10. The lowest BCUT2D eigenvalue weighted by atomic mass is 10.7. The Bertz CT molecular complexity index is 118. The maximum Gasteiger partial charge on any atom is 0.142 e. The zero-order chi connectivity index (χ0) is 7.28. The van der Waals surface area contributed by atoms with Crippen LogP contribution >= 0.6 is 0 Å². The van der Waals surface area contributed by atoms with Gasteiger partial charge in [-0.3, -0.25) is 0 Å². The molecule has 0 aliphatic carbocycles. The number of hydrazone groups is 1. The number of nitrogens with two attached hydrogens (primary N) is 2. The van der Waals surface area contributed by atoms with Crippen molar-refractivity contribution in [3.8, 4) is 0 Å². The van der Waals surface area contributed by atoms with Gasteiger partial charge in [0.15, 0.2) is 0 Å². The van der Waals surface area contributed by atoms with Gasteiger partial charge in [0.2, 0.25) is 0 Å². The van der Waals surface area contributed by atoms with Gasteiger partial charge < -0.3 is 10.5 Å². The first-order chi connectivity index (χ1) is 4.16. The molecule has 0 aromatic carbocycles. The minimum Gasteiger partial charge on any atom is -0.386 e.